The molecule has 8 atom stereocenters. The zero-order valence-electron chi connectivity index (χ0n) is 17.5. The normalized spacial score (nSPS) is 51.5. The molecule has 0 spiro atoms. The summed E-state index contributed by atoms with van der Waals surface area (Å²) in [6.45, 7) is 6.63. The first-order valence-corrected chi connectivity index (χ1v) is 11.3. The van der Waals surface area contributed by atoms with E-state index in [1.165, 1.54) is 5.57 Å². The smallest absolute Gasteiger partial charge is 0.162 e. The van der Waals surface area contributed by atoms with Crippen molar-refractivity contribution in [2.75, 3.05) is 13.2 Å². The summed E-state index contributed by atoms with van der Waals surface area (Å²) in [5, 5.41) is 9.34. The highest BCUT2D eigenvalue weighted by atomic mass is 16.5. The number of allylic oxidation sites excluding steroid dienone is 1. The van der Waals surface area contributed by atoms with Gasteiger partial charge in [-0.2, -0.15) is 0 Å². The van der Waals surface area contributed by atoms with E-state index in [1.54, 1.807) is 6.92 Å². The summed E-state index contributed by atoms with van der Waals surface area (Å²) in [6, 6.07) is 0. The van der Waals surface area contributed by atoms with Crippen molar-refractivity contribution in [3.8, 4) is 0 Å². The number of carbonyl (C=O) groups is 2. The van der Waals surface area contributed by atoms with Gasteiger partial charge in [0.25, 0.3) is 0 Å². The van der Waals surface area contributed by atoms with Gasteiger partial charge >= 0.3 is 0 Å². The van der Waals surface area contributed by atoms with Gasteiger partial charge in [0.1, 0.15) is 5.60 Å². The van der Waals surface area contributed by atoms with Crippen molar-refractivity contribution in [2.45, 2.75) is 71.3 Å². The molecule has 0 heterocycles. The van der Waals surface area contributed by atoms with E-state index in [0.29, 0.717) is 29.5 Å². The second kappa shape index (κ2) is 6.01. The molecule has 5 aliphatic carbocycles. The van der Waals surface area contributed by atoms with Gasteiger partial charge in [-0.3, -0.25) is 9.59 Å². The minimum atomic E-state index is -0.729. The molecule has 0 bridgehead atoms. The minimum Gasteiger partial charge on any atom is -0.394 e. The van der Waals surface area contributed by atoms with Crippen LogP contribution in [0.1, 0.15) is 65.7 Å². The number of rotatable bonds is 4. The molecule has 4 heteroatoms. The standard InChI is InChI=1S/C24H34O4/c1-14(26)24(28-11-10-25)9-7-18-16-5-4-15-12-21(27)17-13-20(17)23(15,3)19(16)6-8-22(18,24)2/h12,16-20,25H,4-11,13H2,1-3H3/t16-,17?,18-,19+,20?,22-,23+,24-/m0/s1. The van der Waals surface area contributed by atoms with Crippen molar-refractivity contribution < 1.29 is 19.4 Å². The van der Waals surface area contributed by atoms with E-state index in [-0.39, 0.29) is 35.7 Å². The molecule has 4 saturated carbocycles. The lowest BCUT2D eigenvalue weighted by atomic mass is 9.46. The van der Waals surface area contributed by atoms with Gasteiger partial charge in [-0.25, -0.2) is 0 Å². The second-order valence-corrected chi connectivity index (χ2v) is 10.7. The van der Waals surface area contributed by atoms with Crippen LogP contribution in [0.3, 0.4) is 0 Å². The van der Waals surface area contributed by atoms with Gasteiger partial charge in [0, 0.05) is 11.3 Å². The van der Waals surface area contributed by atoms with Crippen LogP contribution >= 0.6 is 0 Å². The third-order valence-electron chi connectivity index (χ3n) is 10.0. The fourth-order valence-electron chi connectivity index (χ4n) is 8.59. The average molecular weight is 387 g/mol. The molecule has 0 aromatic rings. The summed E-state index contributed by atoms with van der Waals surface area (Å²) in [5.41, 5.74) is 0.747. The Kier molecular flexibility index (Phi) is 4.08. The lowest BCUT2D eigenvalue weighted by Gasteiger charge is -2.59. The molecule has 0 aromatic heterocycles. The third-order valence-corrected chi connectivity index (χ3v) is 10.0. The predicted octanol–water partition coefficient (Wildman–Crippen LogP) is 3.71. The van der Waals surface area contributed by atoms with Crippen LogP contribution in [0.25, 0.3) is 0 Å². The number of carbonyl (C=O) groups excluding carboxylic acids is 2. The molecular weight excluding hydrogens is 352 g/mol. The fraction of sp³-hybridized carbons (Fsp3) is 0.833. The maximum absolute atomic E-state index is 12.8. The Balaban J connectivity index is 1.50. The van der Waals surface area contributed by atoms with E-state index in [9.17, 15) is 14.7 Å². The minimum absolute atomic E-state index is 0.0366. The SMILES string of the molecule is CC(=O)[C@@]1(OCCO)CC[C@H]2[C@@H]3CCC4=CC(=O)C5CC5[C@@]4(C)[C@@H]3CC[C@@]21C. The Morgan fingerprint density at radius 3 is 2.64 bits per heavy atom. The van der Waals surface area contributed by atoms with Gasteiger partial charge in [0.05, 0.1) is 13.2 Å². The van der Waals surface area contributed by atoms with Crippen LogP contribution in [-0.2, 0) is 14.3 Å². The van der Waals surface area contributed by atoms with E-state index < -0.39 is 5.60 Å². The molecule has 1 N–H and O–H groups in total. The Morgan fingerprint density at radius 1 is 1.18 bits per heavy atom. The van der Waals surface area contributed by atoms with Crippen molar-refractivity contribution in [1.29, 1.82) is 0 Å². The quantitative estimate of drug-likeness (QED) is 0.800. The number of fused-ring (bicyclic) bond motifs is 7. The van der Waals surface area contributed by atoms with Gasteiger partial charge in [-0.1, -0.05) is 19.4 Å². The van der Waals surface area contributed by atoms with Crippen LogP contribution in [0.15, 0.2) is 11.6 Å². The average Bonchev–Trinajstić information content (AvgIpc) is 3.41. The molecule has 5 rings (SSSR count). The van der Waals surface area contributed by atoms with Gasteiger partial charge in [0.2, 0.25) is 0 Å². The first-order chi connectivity index (χ1) is 13.3. The predicted molar refractivity (Wildman–Crippen MR) is 106 cm³/mol. The molecule has 154 valence electrons. The summed E-state index contributed by atoms with van der Waals surface area (Å²) >= 11 is 0. The maximum atomic E-state index is 12.8. The van der Waals surface area contributed by atoms with E-state index >= 15 is 0 Å². The zero-order chi connectivity index (χ0) is 19.9. The maximum Gasteiger partial charge on any atom is 0.162 e. The Bertz CT molecular complexity index is 756. The lowest BCUT2D eigenvalue weighted by Crippen LogP contribution is -2.58. The summed E-state index contributed by atoms with van der Waals surface area (Å²) in [5.74, 6) is 3.11. The summed E-state index contributed by atoms with van der Waals surface area (Å²) < 4.78 is 6.17. The molecule has 4 nitrogen and oxygen atoms in total. The number of aliphatic hydroxyl groups excluding tert-OH is 1. The molecule has 5 aliphatic rings. The number of aliphatic hydroxyl groups is 1. The topological polar surface area (TPSA) is 63.6 Å². The molecule has 0 radical (unpaired) electrons. The second-order valence-electron chi connectivity index (χ2n) is 10.7. The Labute approximate surface area is 168 Å². The summed E-state index contributed by atoms with van der Waals surface area (Å²) in [6.07, 6.45) is 9.25. The van der Waals surface area contributed by atoms with Gasteiger partial charge < -0.3 is 9.84 Å². The van der Waals surface area contributed by atoms with Crippen LogP contribution in [0.2, 0.25) is 0 Å². The Morgan fingerprint density at radius 2 is 1.93 bits per heavy atom. The van der Waals surface area contributed by atoms with Crippen molar-refractivity contribution in [3.05, 3.63) is 11.6 Å². The molecule has 0 aromatic carbocycles. The van der Waals surface area contributed by atoms with Crippen molar-refractivity contribution in [2.24, 2.45) is 40.4 Å². The molecule has 4 fully saturated rings. The molecule has 28 heavy (non-hydrogen) atoms. The number of ketones is 2. The zero-order valence-corrected chi connectivity index (χ0v) is 17.5. The first-order valence-electron chi connectivity index (χ1n) is 11.3. The fourth-order valence-corrected chi connectivity index (χ4v) is 8.59. The highest BCUT2D eigenvalue weighted by Gasteiger charge is 2.69. The molecule has 0 saturated heterocycles. The van der Waals surface area contributed by atoms with E-state index in [1.807, 2.05) is 6.08 Å². The highest BCUT2D eigenvalue weighted by molar-refractivity contribution is 5.96. The largest absolute Gasteiger partial charge is 0.394 e. The van der Waals surface area contributed by atoms with E-state index in [2.05, 4.69) is 13.8 Å². The van der Waals surface area contributed by atoms with Crippen LogP contribution in [0.4, 0.5) is 0 Å². The number of hydrogen-bond donors (Lipinski definition) is 1. The molecule has 2 unspecified atom stereocenters. The van der Waals surface area contributed by atoms with Crippen LogP contribution < -0.4 is 0 Å². The lowest BCUT2D eigenvalue weighted by molar-refractivity contribution is -0.178. The number of ether oxygens (including phenoxy) is 1. The third kappa shape index (κ3) is 2.14. The van der Waals surface area contributed by atoms with Gasteiger partial charge in [0.15, 0.2) is 11.6 Å². The highest BCUT2D eigenvalue weighted by Crippen LogP contribution is 2.72. The monoisotopic (exact) mass is 386 g/mol. The van der Waals surface area contributed by atoms with Crippen LogP contribution in [0, 0.1) is 40.4 Å². The summed E-state index contributed by atoms with van der Waals surface area (Å²) in [7, 11) is 0. The van der Waals surface area contributed by atoms with Crippen molar-refractivity contribution in [3.63, 3.8) is 0 Å². The summed E-state index contributed by atoms with van der Waals surface area (Å²) in [4.78, 5) is 25.2. The van der Waals surface area contributed by atoms with Crippen molar-refractivity contribution >= 4 is 11.6 Å². The molecule has 0 aliphatic heterocycles. The van der Waals surface area contributed by atoms with Gasteiger partial charge in [-0.05, 0) is 87.0 Å². The van der Waals surface area contributed by atoms with Crippen LogP contribution in [0.5, 0.6) is 0 Å². The van der Waals surface area contributed by atoms with Crippen molar-refractivity contribution in [1.82, 2.24) is 0 Å². The van der Waals surface area contributed by atoms with E-state index in [4.69, 9.17) is 4.74 Å². The Hall–Kier alpha value is -1.00. The molecule has 0 amide bonds. The number of hydrogen-bond acceptors (Lipinski definition) is 4. The molecular formula is C24H34O4. The van der Waals surface area contributed by atoms with Gasteiger partial charge in [-0.15, -0.1) is 0 Å². The van der Waals surface area contributed by atoms with Crippen LogP contribution in [-0.4, -0.2) is 35.5 Å². The van der Waals surface area contributed by atoms with E-state index in [0.717, 1.165) is 44.9 Å². The first kappa shape index (κ1) is 19.0. The number of Topliss-reactive ketones (excluding diaryl/α,β-unsaturated/α-hetero) is 1.